The summed E-state index contributed by atoms with van der Waals surface area (Å²) in [6.07, 6.45) is 2.57. The summed E-state index contributed by atoms with van der Waals surface area (Å²) in [6.45, 7) is 4.92. The van der Waals surface area contributed by atoms with Crippen LogP contribution in [0.4, 0.5) is 0 Å². The molecule has 1 aliphatic carbocycles. The van der Waals surface area contributed by atoms with Gasteiger partial charge in [0.2, 0.25) is 10.0 Å². The maximum atomic E-state index is 12.7. The Kier molecular flexibility index (Phi) is 5.00. The Bertz CT molecular complexity index is 747. The summed E-state index contributed by atoms with van der Waals surface area (Å²) >= 11 is 0. The van der Waals surface area contributed by atoms with E-state index in [-0.39, 0.29) is 10.8 Å². The molecule has 2 aliphatic heterocycles. The third-order valence-corrected chi connectivity index (χ3v) is 7.29. The van der Waals surface area contributed by atoms with Gasteiger partial charge in [-0.3, -0.25) is 9.69 Å². The highest BCUT2D eigenvalue weighted by Crippen LogP contribution is 2.27. The third kappa shape index (κ3) is 3.64. The fourth-order valence-corrected chi connectivity index (χ4v) is 5.03. The Hall–Kier alpha value is -1.48. The van der Waals surface area contributed by atoms with Crippen molar-refractivity contribution in [2.24, 2.45) is 0 Å². The molecule has 3 fully saturated rings. The molecule has 1 saturated carbocycles. The zero-order valence-corrected chi connectivity index (χ0v) is 15.7. The Morgan fingerprint density at radius 1 is 0.923 bits per heavy atom. The van der Waals surface area contributed by atoms with E-state index in [1.165, 1.54) is 17.1 Å². The third-order valence-electron chi connectivity index (χ3n) is 5.37. The van der Waals surface area contributed by atoms with E-state index in [4.69, 9.17) is 4.74 Å². The average molecular weight is 379 g/mol. The monoisotopic (exact) mass is 379 g/mol. The number of rotatable bonds is 4. The highest BCUT2D eigenvalue weighted by Gasteiger charge is 2.32. The molecule has 1 aromatic rings. The van der Waals surface area contributed by atoms with Crippen LogP contribution in [-0.4, -0.2) is 87.0 Å². The molecule has 0 bridgehead atoms. The van der Waals surface area contributed by atoms with Crippen molar-refractivity contribution < 1.29 is 17.9 Å². The van der Waals surface area contributed by atoms with Gasteiger partial charge in [-0.2, -0.15) is 4.31 Å². The minimum absolute atomic E-state index is 0.0178. The van der Waals surface area contributed by atoms with E-state index in [0.29, 0.717) is 31.9 Å². The molecular formula is C18H25N3O4S. The summed E-state index contributed by atoms with van der Waals surface area (Å²) < 4.78 is 31.9. The van der Waals surface area contributed by atoms with Crippen molar-refractivity contribution in [3.05, 3.63) is 29.8 Å². The molecule has 0 aromatic heterocycles. The van der Waals surface area contributed by atoms with Gasteiger partial charge in [0.25, 0.3) is 5.91 Å². The summed E-state index contributed by atoms with van der Waals surface area (Å²) in [5.74, 6) is -0.0178. The van der Waals surface area contributed by atoms with Crippen molar-refractivity contribution in [2.75, 3.05) is 52.5 Å². The first-order chi connectivity index (χ1) is 12.6. The van der Waals surface area contributed by atoms with Crippen LogP contribution in [-0.2, 0) is 14.8 Å². The zero-order chi connectivity index (χ0) is 18.1. The molecule has 4 rings (SSSR count). The zero-order valence-electron chi connectivity index (χ0n) is 14.8. The van der Waals surface area contributed by atoms with Crippen LogP contribution in [0.1, 0.15) is 23.2 Å². The van der Waals surface area contributed by atoms with Gasteiger partial charge in [-0.05, 0) is 37.1 Å². The molecule has 7 nitrogen and oxygen atoms in total. The van der Waals surface area contributed by atoms with E-state index in [0.717, 1.165) is 32.2 Å². The van der Waals surface area contributed by atoms with E-state index in [1.807, 2.05) is 4.90 Å². The molecule has 0 N–H and O–H groups in total. The predicted molar refractivity (Wildman–Crippen MR) is 96.5 cm³/mol. The second kappa shape index (κ2) is 7.26. The Morgan fingerprint density at radius 3 is 2.12 bits per heavy atom. The van der Waals surface area contributed by atoms with Crippen LogP contribution < -0.4 is 0 Å². The fraction of sp³-hybridized carbons (Fsp3) is 0.611. The molecule has 0 radical (unpaired) electrons. The number of sulfonamides is 1. The number of ether oxygens (including phenoxy) is 1. The van der Waals surface area contributed by atoms with E-state index in [2.05, 4.69) is 4.90 Å². The summed E-state index contributed by atoms with van der Waals surface area (Å²) in [7, 11) is -3.52. The topological polar surface area (TPSA) is 70.2 Å². The summed E-state index contributed by atoms with van der Waals surface area (Å²) in [6, 6.07) is 7.07. The van der Waals surface area contributed by atoms with Gasteiger partial charge in [0.05, 0.1) is 18.1 Å². The van der Waals surface area contributed by atoms with Crippen LogP contribution in [0.5, 0.6) is 0 Å². The van der Waals surface area contributed by atoms with Crippen LogP contribution >= 0.6 is 0 Å². The second-order valence-corrected chi connectivity index (χ2v) is 9.04. The number of carbonyl (C=O) groups excluding carboxylic acids is 1. The smallest absolute Gasteiger partial charge is 0.253 e. The molecule has 1 aromatic carbocycles. The van der Waals surface area contributed by atoms with Crippen molar-refractivity contribution in [3.63, 3.8) is 0 Å². The normalized spacial score (nSPS) is 23.2. The van der Waals surface area contributed by atoms with Crippen LogP contribution in [0, 0.1) is 0 Å². The van der Waals surface area contributed by atoms with Gasteiger partial charge in [0, 0.05) is 50.9 Å². The SMILES string of the molecule is O=C(c1ccc(S(=O)(=O)N2CCOCC2)cc1)N1CCN(C2CC2)CC1. The second-order valence-electron chi connectivity index (χ2n) is 7.10. The number of carbonyl (C=O) groups is 1. The quantitative estimate of drug-likeness (QED) is 0.767. The number of amides is 1. The van der Waals surface area contributed by atoms with E-state index in [1.54, 1.807) is 24.3 Å². The molecule has 8 heteroatoms. The Morgan fingerprint density at radius 2 is 1.54 bits per heavy atom. The summed E-state index contributed by atoms with van der Waals surface area (Å²) in [5, 5.41) is 0. The largest absolute Gasteiger partial charge is 0.379 e. The van der Waals surface area contributed by atoms with Crippen LogP contribution in [0.25, 0.3) is 0 Å². The first kappa shape index (κ1) is 17.9. The predicted octanol–water partition coefficient (Wildman–Crippen LogP) is 0.628. The lowest BCUT2D eigenvalue weighted by atomic mass is 10.2. The van der Waals surface area contributed by atoms with Gasteiger partial charge in [-0.15, -0.1) is 0 Å². The van der Waals surface area contributed by atoms with E-state index >= 15 is 0 Å². The lowest BCUT2D eigenvalue weighted by molar-refractivity contribution is 0.0627. The van der Waals surface area contributed by atoms with Gasteiger partial charge in [0.15, 0.2) is 0 Å². The highest BCUT2D eigenvalue weighted by atomic mass is 32.2. The first-order valence-electron chi connectivity index (χ1n) is 9.27. The van der Waals surface area contributed by atoms with Gasteiger partial charge in [-0.1, -0.05) is 0 Å². The van der Waals surface area contributed by atoms with Gasteiger partial charge >= 0.3 is 0 Å². The average Bonchev–Trinajstić information content (AvgIpc) is 3.54. The van der Waals surface area contributed by atoms with Crippen LogP contribution in [0.15, 0.2) is 29.2 Å². The number of benzene rings is 1. The van der Waals surface area contributed by atoms with Gasteiger partial charge in [-0.25, -0.2) is 8.42 Å². The number of morpholine rings is 1. The van der Waals surface area contributed by atoms with Gasteiger partial charge in [0.1, 0.15) is 0 Å². The lowest BCUT2D eigenvalue weighted by Gasteiger charge is -2.34. The standard InChI is InChI=1S/C18H25N3O4S/c22-18(20-9-7-19(8-10-20)16-3-4-16)15-1-5-17(6-2-15)26(23,24)21-11-13-25-14-12-21/h1-2,5-6,16H,3-4,7-14H2. The van der Waals surface area contributed by atoms with Crippen molar-refractivity contribution in [3.8, 4) is 0 Å². The minimum Gasteiger partial charge on any atom is -0.379 e. The number of hydrogen-bond acceptors (Lipinski definition) is 5. The molecule has 0 unspecified atom stereocenters. The summed E-state index contributed by atoms with van der Waals surface area (Å²) in [5.41, 5.74) is 0.547. The van der Waals surface area contributed by atoms with Crippen molar-refractivity contribution in [1.29, 1.82) is 0 Å². The Balaban J connectivity index is 1.41. The maximum absolute atomic E-state index is 12.7. The highest BCUT2D eigenvalue weighted by molar-refractivity contribution is 7.89. The molecule has 142 valence electrons. The number of nitrogens with zero attached hydrogens (tertiary/aromatic N) is 3. The molecule has 2 saturated heterocycles. The first-order valence-corrected chi connectivity index (χ1v) is 10.7. The maximum Gasteiger partial charge on any atom is 0.253 e. The van der Waals surface area contributed by atoms with Crippen LogP contribution in [0.2, 0.25) is 0 Å². The lowest BCUT2D eigenvalue weighted by Crippen LogP contribution is -2.49. The van der Waals surface area contributed by atoms with Gasteiger partial charge < -0.3 is 9.64 Å². The molecule has 2 heterocycles. The molecule has 0 spiro atoms. The van der Waals surface area contributed by atoms with Crippen molar-refractivity contribution in [2.45, 2.75) is 23.8 Å². The van der Waals surface area contributed by atoms with Crippen molar-refractivity contribution >= 4 is 15.9 Å². The summed E-state index contributed by atoms with van der Waals surface area (Å²) in [4.78, 5) is 17.2. The number of hydrogen-bond donors (Lipinski definition) is 0. The van der Waals surface area contributed by atoms with E-state index in [9.17, 15) is 13.2 Å². The minimum atomic E-state index is -3.52. The molecule has 0 atom stereocenters. The fourth-order valence-electron chi connectivity index (χ4n) is 3.62. The van der Waals surface area contributed by atoms with E-state index < -0.39 is 10.0 Å². The Labute approximate surface area is 154 Å². The molecule has 26 heavy (non-hydrogen) atoms. The van der Waals surface area contributed by atoms with Crippen LogP contribution in [0.3, 0.4) is 0 Å². The molecule has 3 aliphatic rings. The van der Waals surface area contributed by atoms with Crippen molar-refractivity contribution in [1.82, 2.24) is 14.1 Å². The molecule has 1 amide bonds. The molecular weight excluding hydrogens is 354 g/mol. The number of piperazine rings is 1.